The van der Waals surface area contributed by atoms with E-state index in [4.69, 9.17) is 32.9 Å². The van der Waals surface area contributed by atoms with E-state index in [0.717, 1.165) is 40.3 Å². The molecule has 0 amide bonds. The van der Waals surface area contributed by atoms with Gasteiger partial charge in [0, 0.05) is 23.3 Å². The third kappa shape index (κ3) is 4.02. The Morgan fingerprint density at radius 3 is 2.66 bits per heavy atom. The molecule has 0 saturated heterocycles. The van der Waals surface area contributed by atoms with E-state index in [0.29, 0.717) is 10.0 Å². The highest BCUT2D eigenvalue weighted by atomic mass is 35.5. The molecule has 4 rings (SSSR count). The third-order valence-electron chi connectivity index (χ3n) is 4.89. The van der Waals surface area contributed by atoms with Crippen LogP contribution in [-0.2, 0) is 6.54 Å². The van der Waals surface area contributed by atoms with Gasteiger partial charge >= 0.3 is 0 Å². The molecule has 4 aromatic rings. The summed E-state index contributed by atoms with van der Waals surface area (Å²) in [7, 11) is 1.68. The molecule has 1 aromatic heterocycles. The quantitative estimate of drug-likeness (QED) is 0.339. The molecule has 0 aliphatic carbocycles. The summed E-state index contributed by atoms with van der Waals surface area (Å²) in [5.74, 6) is 1.73. The zero-order chi connectivity index (χ0) is 20.4. The minimum absolute atomic E-state index is 0.594. The first-order chi connectivity index (χ1) is 14.1. The van der Waals surface area contributed by atoms with Gasteiger partial charge in [-0.1, -0.05) is 53.5 Å². The smallest absolute Gasteiger partial charge is 0.133 e. The topological polar surface area (TPSA) is 27.1 Å². The van der Waals surface area contributed by atoms with Crippen molar-refractivity contribution >= 4 is 46.1 Å². The SMILES string of the molecule is CCn1cc(-c2ccc(Cl)cc2Cl)nc1C=Cc1cccc2cc(OC)ccc12. The van der Waals surface area contributed by atoms with Crippen LogP contribution < -0.4 is 4.74 Å². The molecule has 3 aromatic carbocycles. The molecule has 0 spiro atoms. The second-order valence-electron chi connectivity index (χ2n) is 6.66. The zero-order valence-corrected chi connectivity index (χ0v) is 17.7. The highest BCUT2D eigenvalue weighted by Gasteiger charge is 2.11. The molecule has 3 nitrogen and oxygen atoms in total. The van der Waals surface area contributed by atoms with Crippen LogP contribution in [0.25, 0.3) is 34.2 Å². The molecule has 0 atom stereocenters. The Hall–Kier alpha value is -2.75. The molecule has 5 heteroatoms. The fourth-order valence-corrected chi connectivity index (χ4v) is 3.87. The molecule has 29 heavy (non-hydrogen) atoms. The number of rotatable bonds is 5. The molecule has 1 heterocycles. The number of aryl methyl sites for hydroxylation is 1. The van der Waals surface area contributed by atoms with Gasteiger partial charge in [0.1, 0.15) is 11.6 Å². The van der Waals surface area contributed by atoms with Gasteiger partial charge in [0.2, 0.25) is 0 Å². The Balaban J connectivity index is 1.72. The number of halogens is 2. The lowest BCUT2D eigenvalue weighted by molar-refractivity contribution is 0.415. The van der Waals surface area contributed by atoms with Gasteiger partial charge in [0.15, 0.2) is 0 Å². The Kier molecular flexibility index (Phi) is 5.61. The zero-order valence-electron chi connectivity index (χ0n) is 16.2. The summed E-state index contributed by atoms with van der Waals surface area (Å²) in [6.45, 7) is 2.90. The van der Waals surface area contributed by atoms with E-state index >= 15 is 0 Å². The highest BCUT2D eigenvalue weighted by molar-refractivity contribution is 6.36. The number of hydrogen-bond acceptors (Lipinski definition) is 2. The summed E-state index contributed by atoms with van der Waals surface area (Å²) in [5, 5.41) is 3.51. The van der Waals surface area contributed by atoms with Crippen molar-refractivity contribution in [3.8, 4) is 17.0 Å². The van der Waals surface area contributed by atoms with Gasteiger partial charge < -0.3 is 9.30 Å². The maximum Gasteiger partial charge on any atom is 0.133 e. The fourth-order valence-electron chi connectivity index (χ4n) is 3.37. The molecule has 0 aliphatic heterocycles. The van der Waals surface area contributed by atoms with Crippen molar-refractivity contribution in [1.82, 2.24) is 9.55 Å². The molecule has 0 fully saturated rings. The lowest BCUT2D eigenvalue weighted by atomic mass is 10.0. The van der Waals surface area contributed by atoms with Crippen molar-refractivity contribution in [2.45, 2.75) is 13.5 Å². The summed E-state index contributed by atoms with van der Waals surface area (Å²) < 4.78 is 7.44. The first kappa shape index (κ1) is 19.6. The Morgan fingerprint density at radius 2 is 1.90 bits per heavy atom. The van der Waals surface area contributed by atoms with Crippen molar-refractivity contribution in [3.05, 3.63) is 82.2 Å². The predicted molar refractivity (Wildman–Crippen MR) is 123 cm³/mol. The van der Waals surface area contributed by atoms with Crippen molar-refractivity contribution in [2.24, 2.45) is 0 Å². The summed E-state index contributed by atoms with van der Waals surface area (Å²) >= 11 is 12.4. The van der Waals surface area contributed by atoms with E-state index in [1.807, 2.05) is 42.6 Å². The number of fused-ring (bicyclic) bond motifs is 1. The molecule has 0 N–H and O–H groups in total. The Bertz CT molecular complexity index is 1210. The van der Waals surface area contributed by atoms with E-state index in [9.17, 15) is 0 Å². The highest BCUT2D eigenvalue weighted by Crippen LogP contribution is 2.30. The molecule has 0 bridgehead atoms. The number of aromatic nitrogens is 2. The van der Waals surface area contributed by atoms with Gasteiger partial charge in [0.25, 0.3) is 0 Å². The van der Waals surface area contributed by atoms with Crippen LogP contribution in [0.2, 0.25) is 10.0 Å². The summed E-state index contributed by atoms with van der Waals surface area (Å²) in [4.78, 5) is 4.79. The van der Waals surface area contributed by atoms with Crippen LogP contribution in [0.5, 0.6) is 5.75 Å². The second-order valence-corrected chi connectivity index (χ2v) is 7.51. The summed E-state index contributed by atoms with van der Waals surface area (Å²) in [6, 6.07) is 17.8. The largest absolute Gasteiger partial charge is 0.497 e. The van der Waals surface area contributed by atoms with Crippen molar-refractivity contribution in [1.29, 1.82) is 0 Å². The number of methoxy groups -OCH3 is 1. The standard InChI is InChI=1S/C24H20Cl2N2O/c1-3-28-15-23(21-10-8-18(25)14-22(21)26)27-24(28)12-7-16-5-4-6-17-13-19(29-2)9-11-20(16)17/h4-15H,3H2,1-2H3. The molecule has 0 radical (unpaired) electrons. The van der Waals surface area contributed by atoms with Gasteiger partial charge in [-0.25, -0.2) is 4.98 Å². The maximum atomic E-state index is 6.37. The number of ether oxygens (including phenoxy) is 1. The second kappa shape index (κ2) is 8.32. The Labute approximate surface area is 180 Å². The van der Waals surface area contributed by atoms with Crippen LogP contribution in [-0.4, -0.2) is 16.7 Å². The first-order valence-electron chi connectivity index (χ1n) is 9.36. The molecular weight excluding hydrogens is 403 g/mol. The minimum Gasteiger partial charge on any atom is -0.497 e. The van der Waals surface area contributed by atoms with Crippen LogP contribution >= 0.6 is 23.2 Å². The number of hydrogen-bond donors (Lipinski definition) is 0. The molecule has 0 saturated carbocycles. The normalized spacial score (nSPS) is 11.4. The van der Waals surface area contributed by atoms with E-state index in [1.165, 1.54) is 5.39 Å². The van der Waals surface area contributed by atoms with Crippen LogP contribution in [0.1, 0.15) is 18.3 Å². The van der Waals surface area contributed by atoms with Gasteiger partial charge in [-0.3, -0.25) is 0 Å². The van der Waals surface area contributed by atoms with Gasteiger partial charge in [-0.15, -0.1) is 0 Å². The minimum atomic E-state index is 0.594. The Morgan fingerprint density at radius 1 is 1.03 bits per heavy atom. The van der Waals surface area contributed by atoms with Crippen molar-refractivity contribution < 1.29 is 4.74 Å². The van der Waals surface area contributed by atoms with E-state index in [1.54, 1.807) is 13.2 Å². The number of imidazole rings is 1. The van der Waals surface area contributed by atoms with Gasteiger partial charge in [-0.2, -0.15) is 0 Å². The van der Waals surface area contributed by atoms with E-state index in [2.05, 4.69) is 35.8 Å². The average Bonchev–Trinajstić information content (AvgIpc) is 3.14. The first-order valence-corrected chi connectivity index (χ1v) is 10.1. The van der Waals surface area contributed by atoms with Crippen molar-refractivity contribution in [3.63, 3.8) is 0 Å². The van der Waals surface area contributed by atoms with Crippen molar-refractivity contribution in [2.75, 3.05) is 7.11 Å². The predicted octanol–water partition coefficient (Wildman–Crippen LogP) is 7.21. The lowest BCUT2D eigenvalue weighted by Gasteiger charge is -2.05. The third-order valence-corrected chi connectivity index (χ3v) is 5.44. The van der Waals surface area contributed by atoms with Crippen LogP contribution in [0.3, 0.4) is 0 Å². The lowest BCUT2D eigenvalue weighted by Crippen LogP contribution is -1.94. The number of nitrogens with zero attached hydrogens (tertiary/aromatic N) is 2. The summed E-state index contributed by atoms with van der Waals surface area (Å²) in [5.41, 5.74) is 2.83. The average molecular weight is 423 g/mol. The molecule has 0 aliphatic rings. The van der Waals surface area contributed by atoms with Crippen LogP contribution in [0, 0.1) is 0 Å². The fraction of sp³-hybridized carbons (Fsp3) is 0.125. The summed E-state index contributed by atoms with van der Waals surface area (Å²) in [6.07, 6.45) is 6.15. The van der Waals surface area contributed by atoms with Crippen LogP contribution in [0.4, 0.5) is 0 Å². The van der Waals surface area contributed by atoms with E-state index < -0.39 is 0 Å². The number of benzene rings is 3. The van der Waals surface area contributed by atoms with Gasteiger partial charge in [-0.05, 0) is 59.7 Å². The monoisotopic (exact) mass is 422 g/mol. The molecule has 0 unspecified atom stereocenters. The van der Waals surface area contributed by atoms with Crippen LogP contribution in [0.15, 0.2) is 60.8 Å². The van der Waals surface area contributed by atoms with E-state index in [-0.39, 0.29) is 0 Å². The molecule has 146 valence electrons. The van der Waals surface area contributed by atoms with Gasteiger partial charge in [0.05, 0.1) is 17.8 Å². The maximum absolute atomic E-state index is 6.37. The molecular formula is C24H20Cl2N2O.